The van der Waals surface area contributed by atoms with Gasteiger partial charge < -0.3 is 10.2 Å². The summed E-state index contributed by atoms with van der Waals surface area (Å²) in [6.07, 6.45) is 0. The zero-order chi connectivity index (χ0) is 10.1. The molecule has 1 N–H and O–H groups in total. The molecule has 0 saturated carbocycles. The number of nitrogens with zero attached hydrogens (tertiary/aromatic N) is 4. The Labute approximate surface area is 81.9 Å². The monoisotopic (exact) mass is 195 g/mol. The van der Waals surface area contributed by atoms with Crippen LogP contribution in [0, 0.1) is 0 Å². The lowest BCUT2D eigenvalue weighted by Crippen LogP contribution is -2.31. The predicted octanol–water partition coefficient (Wildman–Crippen LogP) is -0.917. The zero-order valence-electron chi connectivity index (χ0n) is 8.32. The Hall–Kier alpha value is -1.43. The molecule has 14 heavy (non-hydrogen) atoms. The molecule has 1 aromatic rings. The lowest BCUT2D eigenvalue weighted by molar-refractivity contribution is 0.0820. The Morgan fingerprint density at radius 2 is 2.36 bits per heavy atom. The van der Waals surface area contributed by atoms with E-state index in [1.807, 2.05) is 0 Å². The number of hydrogen-bond acceptors (Lipinski definition) is 4. The number of aromatic nitrogens is 3. The Kier molecular flexibility index (Phi) is 2.20. The molecule has 0 spiro atoms. The molecule has 0 bridgehead atoms. The maximum atomic E-state index is 11.7. The molecule has 2 heterocycles. The maximum Gasteiger partial charge on any atom is 0.275 e. The van der Waals surface area contributed by atoms with E-state index in [1.54, 1.807) is 18.8 Å². The molecule has 0 radical (unpaired) electrons. The molecule has 6 heteroatoms. The number of carbonyl (C=O) groups is 1. The quantitative estimate of drug-likeness (QED) is 0.629. The van der Waals surface area contributed by atoms with Gasteiger partial charge in [-0.1, -0.05) is 5.21 Å². The van der Waals surface area contributed by atoms with Crippen molar-refractivity contribution in [3.05, 3.63) is 11.4 Å². The van der Waals surface area contributed by atoms with E-state index in [9.17, 15) is 4.79 Å². The van der Waals surface area contributed by atoms with Crippen molar-refractivity contribution >= 4 is 5.91 Å². The van der Waals surface area contributed by atoms with Gasteiger partial charge in [-0.25, -0.2) is 4.68 Å². The van der Waals surface area contributed by atoms with E-state index in [2.05, 4.69) is 15.6 Å². The van der Waals surface area contributed by atoms with Gasteiger partial charge in [-0.3, -0.25) is 4.79 Å². The zero-order valence-corrected chi connectivity index (χ0v) is 8.32. The number of rotatable bonds is 1. The summed E-state index contributed by atoms with van der Waals surface area (Å²) in [5, 5.41) is 11.0. The third-order valence-corrected chi connectivity index (χ3v) is 2.24. The fourth-order valence-electron chi connectivity index (χ4n) is 1.46. The highest BCUT2D eigenvalue weighted by Gasteiger charge is 2.22. The van der Waals surface area contributed by atoms with E-state index in [1.165, 1.54) is 4.90 Å². The van der Waals surface area contributed by atoms with Crippen LogP contribution in [0.5, 0.6) is 0 Å². The molecule has 1 amide bonds. The molecule has 0 aliphatic carbocycles. The molecule has 0 fully saturated rings. The van der Waals surface area contributed by atoms with Crippen molar-refractivity contribution in [2.24, 2.45) is 0 Å². The van der Waals surface area contributed by atoms with Crippen LogP contribution in [-0.2, 0) is 13.1 Å². The minimum absolute atomic E-state index is 0.0880. The van der Waals surface area contributed by atoms with E-state index in [0.717, 1.165) is 18.8 Å². The second kappa shape index (κ2) is 3.38. The first-order chi connectivity index (χ1) is 6.70. The largest absolute Gasteiger partial charge is 0.343 e. The average molecular weight is 195 g/mol. The molecular weight excluding hydrogens is 182 g/mol. The molecule has 0 saturated heterocycles. The molecule has 1 aromatic heterocycles. The van der Waals surface area contributed by atoms with Crippen molar-refractivity contribution in [3.8, 4) is 0 Å². The second-order valence-electron chi connectivity index (χ2n) is 3.48. The van der Waals surface area contributed by atoms with Gasteiger partial charge in [0.05, 0.1) is 12.2 Å². The van der Waals surface area contributed by atoms with Crippen LogP contribution in [0.15, 0.2) is 0 Å². The smallest absolute Gasteiger partial charge is 0.275 e. The standard InChI is InChI=1S/C8H13N5O/c1-12(2)8(14)7-6-5-9-3-4-13(6)11-10-7/h9H,3-5H2,1-2H3. The Morgan fingerprint density at radius 3 is 3.07 bits per heavy atom. The molecule has 1 aliphatic rings. The summed E-state index contributed by atoms with van der Waals surface area (Å²) in [7, 11) is 3.43. The predicted molar refractivity (Wildman–Crippen MR) is 49.7 cm³/mol. The van der Waals surface area contributed by atoms with E-state index in [4.69, 9.17) is 0 Å². The topological polar surface area (TPSA) is 63.1 Å². The number of fused-ring (bicyclic) bond motifs is 1. The summed E-state index contributed by atoms with van der Waals surface area (Å²) >= 11 is 0. The number of carbonyl (C=O) groups excluding carboxylic acids is 1. The summed E-state index contributed by atoms with van der Waals surface area (Å²) in [6.45, 7) is 2.33. The summed E-state index contributed by atoms with van der Waals surface area (Å²) < 4.78 is 1.78. The normalized spacial score (nSPS) is 15.0. The number of nitrogens with one attached hydrogen (secondary N) is 1. The van der Waals surface area contributed by atoms with Crippen molar-refractivity contribution in [2.75, 3.05) is 20.6 Å². The molecule has 76 valence electrons. The van der Waals surface area contributed by atoms with Gasteiger partial charge in [0.25, 0.3) is 5.91 Å². The van der Waals surface area contributed by atoms with E-state index in [-0.39, 0.29) is 5.91 Å². The van der Waals surface area contributed by atoms with Crippen LogP contribution >= 0.6 is 0 Å². The first-order valence-corrected chi connectivity index (χ1v) is 4.55. The Balaban J connectivity index is 2.35. The summed E-state index contributed by atoms with van der Waals surface area (Å²) in [5.74, 6) is -0.0880. The molecular formula is C8H13N5O. The van der Waals surface area contributed by atoms with Crippen molar-refractivity contribution < 1.29 is 4.79 Å². The van der Waals surface area contributed by atoms with Gasteiger partial charge in [0.1, 0.15) is 0 Å². The lowest BCUT2D eigenvalue weighted by atomic mass is 10.2. The van der Waals surface area contributed by atoms with Gasteiger partial charge >= 0.3 is 0 Å². The van der Waals surface area contributed by atoms with Crippen molar-refractivity contribution in [2.45, 2.75) is 13.1 Å². The first kappa shape index (κ1) is 9.14. The van der Waals surface area contributed by atoms with Crippen molar-refractivity contribution in [1.82, 2.24) is 25.2 Å². The first-order valence-electron chi connectivity index (χ1n) is 4.55. The minimum Gasteiger partial charge on any atom is -0.343 e. The average Bonchev–Trinajstić information content (AvgIpc) is 2.60. The Bertz CT molecular complexity index is 357. The van der Waals surface area contributed by atoms with Gasteiger partial charge in [-0.05, 0) is 0 Å². The fourth-order valence-corrected chi connectivity index (χ4v) is 1.46. The van der Waals surface area contributed by atoms with Gasteiger partial charge in [0, 0.05) is 27.2 Å². The highest BCUT2D eigenvalue weighted by molar-refractivity contribution is 5.92. The van der Waals surface area contributed by atoms with Crippen LogP contribution in [0.3, 0.4) is 0 Å². The molecule has 2 rings (SSSR count). The van der Waals surface area contributed by atoms with Crippen LogP contribution in [0.25, 0.3) is 0 Å². The molecule has 6 nitrogen and oxygen atoms in total. The summed E-state index contributed by atoms with van der Waals surface area (Å²) in [4.78, 5) is 13.2. The van der Waals surface area contributed by atoms with Gasteiger partial charge in [-0.2, -0.15) is 0 Å². The lowest BCUT2D eigenvalue weighted by Gasteiger charge is -2.15. The Morgan fingerprint density at radius 1 is 1.57 bits per heavy atom. The number of amides is 1. The summed E-state index contributed by atoms with van der Waals surface area (Å²) in [6, 6.07) is 0. The van der Waals surface area contributed by atoms with E-state index >= 15 is 0 Å². The number of hydrogen-bond donors (Lipinski definition) is 1. The molecule has 1 aliphatic heterocycles. The maximum absolute atomic E-state index is 11.7. The van der Waals surface area contributed by atoms with Crippen molar-refractivity contribution in [3.63, 3.8) is 0 Å². The molecule has 0 atom stereocenters. The highest BCUT2D eigenvalue weighted by atomic mass is 16.2. The van der Waals surface area contributed by atoms with E-state index in [0.29, 0.717) is 12.2 Å². The second-order valence-corrected chi connectivity index (χ2v) is 3.48. The van der Waals surface area contributed by atoms with Gasteiger partial charge in [0.15, 0.2) is 5.69 Å². The van der Waals surface area contributed by atoms with Crippen molar-refractivity contribution in [1.29, 1.82) is 0 Å². The van der Waals surface area contributed by atoms with Crippen LogP contribution in [-0.4, -0.2) is 46.4 Å². The third-order valence-electron chi connectivity index (χ3n) is 2.24. The van der Waals surface area contributed by atoms with Gasteiger partial charge in [-0.15, -0.1) is 5.10 Å². The highest BCUT2D eigenvalue weighted by Crippen LogP contribution is 2.09. The minimum atomic E-state index is -0.0880. The SMILES string of the molecule is CN(C)C(=O)c1nnn2c1CNCC2. The van der Waals surface area contributed by atoms with Crippen LogP contribution < -0.4 is 5.32 Å². The molecule has 0 aromatic carbocycles. The van der Waals surface area contributed by atoms with Crippen LogP contribution in [0.1, 0.15) is 16.2 Å². The van der Waals surface area contributed by atoms with Crippen LogP contribution in [0.2, 0.25) is 0 Å². The van der Waals surface area contributed by atoms with Gasteiger partial charge in [0.2, 0.25) is 0 Å². The fraction of sp³-hybridized carbons (Fsp3) is 0.625. The van der Waals surface area contributed by atoms with E-state index < -0.39 is 0 Å². The molecule has 0 unspecified atom stereocenters. The summed E-state index contributed by atoms with van der Waals surface area (Å²) in [5.41, 5.74) is 1.34. The third kappa shape index (κ3) is 1.37. The van der Waals surface area contributed by atoms with Crippen LogP contribution in [0.4, 0.5) is 0 Å².